The van der Waals surface area contributed by atoms with Gasteiger partial charge in [-0.1, -0.05) is 12.1 Å². The maximum atomic E-state index is 12.8. The fraction of sp³-hybridized carbons (Fsp3) is 0.190. The second-order valence-electron chi connectivity index (χ2n) is 6.87. The molecule has 1 aliphatic rings. The van der Waals surface area contributed by atoms with Gasteiger partial charge in [-0.25, -0.2) is 4.79 Å². The number of anilines is 2. The number of carboxylic acid groups (broad SMARTS) is 1. The van der Waals surface area contributed by atoms with Gasteiger partial charge in [0.1, 0.15) is 5.92 Å². The minimum absolute atomic E-state index is 0.140. The van der Waals surface area contributed by atoms with Crippen LogP contribution in [0, 0.1) is 19.8 Å². The number of amides is 1. The van der Waals surface area contributed by atoms with Gasteiger partial charge in [0.25, 0.3) is 5.91 Å². The molecule has 0 fully saturated rings. The molecule has 1 atom stereocenters. The Bertz CT molecular complexity index is 1080. The van der Waals surface area contributed by atoms with E-state index >= 15 is 0 Å². The Balaban J connectivity index is 1.62. The first-order valence-corrected chi connectivity index (χ1v) is 9.57. The van der Waals surface area contributed by atoms with Crippen LogP contribution in [-0.2, 0) is 4.79 Å². The Morgan fingerprint density at radius 2 is 1.97 bits per heavy atom. The quantitative estimate of drug-likeness (QED) is 0.387. The Hall–Kier alpha value is -3.59. The standard InChI is InChI=1S/C21H21N5O3S/c1-12-7-8-17(9-13(12)2)26-19(27)18(14(3)25-26)11-22-24-21(30)23-16-6-4-5-15(10-16)20(28)29/h4-11,18H,1-3H3,(H,28,29)(H2,23,24,30)/b22-11+. The Kier molecular flexibility index (Phi) is 6.22. The molecule has 2 aromatic rings. The van der Waals surface area contributed by atoms with Gasteiger partial charge in [-0.15, -0.1) is 0 Å². The van der Waals surface area contributed by atoms with E-state index in [1.165, 1.54) is 23.4 Å². The number of carbonyl (C=O) groups excluding carboxylic acids is 1. The summed E-state index contributed by atoms with van der Waals surface area (Å²) in [5.41, 5.74) is 6.84. The Morgan fingerprint density at radius 3 is 2.67 bits per heavy atom. The van der Waals surface area contributed by atoms with Crippen LogP contribution in [0.2, 0.25) is 0 Å². The number of hydrogen-bond acceptors (Lipinski definition) is 5. The van der Waals surface area contributed by atoms with Gasteiger partial charge in [-0.3, -0.25) is 10.2 Å². The molecule has 0 bridgehead atoms. The lowest BCUT2D eigenvalue weighted by Gasteiger charge is -2.14. The van der Waals surface area contributed by atoms with Crippen LogP contribution in [0.25, 0.3) is 0 Å². The van der Waals surface area contributed by atoms with Gasteiger partial charge in [0.05, 0.1) is 17.0 Å². The highest BCUT2D eigenvalue weighted by molar-refractivity contribution is 7.80. The summed E-state index contributed by atoms with van der Waals surface area (Å²) in [4.78, 5) is 23.8. The van der Waals surface area contributed by atoms with E-state index in [4.69, 9.17) is 17.3 Å². The van der Waals surface area contributed by atoms with Crippen molar-refractivity contribution in [3.63, 3.8) is 0 Å². The van der Waals surface area contributed by atoms with Crippen LogP contribution in [0.15, 0.2) is 52.7 Å². The molecule has 0 saturated carbocycles. The SMILES string of the molecule is CC1=NN(c2ccc(C)c(C)c2)C(=O)C1/C=N/NC(=S)Nc1cccc(C(=O)O)c1. The molecule has 9 heteroatoms. The van der Waals surface area contributed by atoms with Crippen LogP contribution in [0.4, 0.5) is 11.4 Å². The number of carbonyl (C=O) groups is 2. The van der Waals surface area contributed by atoms with Gasteiger partial charge in [0.2, 0.25) is 0 Å². The first kappa shape index (κ1) is 21.1. The Labute approximate surface area is 179 Å². The number of hydrazone groups is 2. The molecule has 154 valence electrons. The predicted octanol–water partition coefficient (Wildman–Crippen LogP) is 3.31. The normalized spacial score (nSPS) is 16.0. The summed E-state index contributed by atoms with van der Waals surface area (Å²) < 4.78 is 0. The molecule has 0 aliphatic carbocycles. The van der Waals surface area contributed by atoms with Crippen LogP contribution < -0.4 is 15.8 Å². The number of nitrogens with zero attached hydrogens (tertiary/aromatic N) is 3. The summed E-state index contributed by atoms with van der Waals surface area (Å²) in [6, 6.07) is 12.0. The van der Waals surface area contributed by atoms with Crippen LogP contribution in [0.5, 0.6) is 0 Å². The van der Waals surface area contributed by atoms with Crippen molar-refractivity contribution in [2.75, 3.05) is 10.3 Å². The van der Waals surface area contributed by atoms with Crippen molar-refractivity contribution in [2.45, 2.75) is 20.8 Å². The summed E-state index contributed by atoms with van der Waals surface area (Å²) in [5.74, 6) is -1.83. The van der Waals surface area contributed by atoms with Crippen molar-refractivity contribution >= 4 is 52.5 Å². The minimum atomic E-state index is -1.03. The average molecular weight is 423 g/mol. The molecule has 1 aliphatic heterocycles. The molecule has 0 saturated heterocycles. The van der Waals surface area contributed by atoms with Gasteiger partial charge in [0, 0.05) is 11.9 Å². The predicted molar refractivity (Wildman–Crippen MR) is 121 cm³/mol. The van der Waals surface area contributed by atoms with E-state index < -0.39 is 11.9 Å². The van der Waals surface area contributed by atoms with E-state index in [2.05, 4.69) is 20.9 Å². The molecular formula is C21H21N5O3S. The number of aromatic carboxylic acids is 1. The zero-order valence-corrected chi connectivity index (χ0v) is 17.5. The highest BCUT2D eigenvalue weighted by Gasteiger charge is 2.33. The highest BCUT2D eigenvalue weighted by Crippen LogP contribution is 2.25. The summed E-state index contributed by atoms with van der Waals surface area (Å²) in [5, 5.41) is 21.8. The van der Waals surface area contributed by atoms with Gasteiger partial charge in [0.15, 0.2) is 5.11 Å². The molecule has 0 aromatic heterocycles. The van der Waals surface area contributed by atoms with Crippen LogP contribution >= 0.6 is 12.2 Å². The topological polar surface area (TPSA) is 106 Å². The maximum Gasteiger partial charge on any atom is 0.335 e. The molecule has 3 rings (SSSR count). The second kappa shape index (κ2) is 8.83. The molecule has 8 nitrogen and oxygen atoms in total. The first-order chi connectivity index (χ1) is 14.3. The second-order valence-corrected chi connectivity index (χ2v) is 7.28. The number of nitrogens with one attached hydrogen (secondary N) is 2. The number of rotatable bonds is 5. The third-order valence-corrected chi connectivity index (χ3v) is 4.87. The number of aryl methyl sites for hydroxylation is 2. The van der Waals surface area contributed by atoms with E-state index in [-0.39, 0.29) is 16.6 Å². The van der Waals surface area contributed by atoms with E-state index in [0.29, 0.717) is 17.1 Å². The minimum Gasteiger partial charge on any atom is -0.478 e. The fourth-order valence-electron chi connectivity index (χ4n) is 2.85. The molecule has 0 spiro atoms. The zero-order valence-electron chi connectivity index (χ0n) is 16.7. The number of hydrogen-bond donors (Lipinski definition) is 3. The first-order valence-electron chi connectivity index (χ1n) is 9.16. The summed E-state index contributed by atoms with van der Waals surface area (Å²) in [6.45, 7) is 5.76. The van der Waals surface area contributed by atoms with Gasteiger partial charge in [-0.2, -0.15) is 15.2 Å². The monoisotopic (exact) mass is 423 g/mol. The third kappa shape index (κ3) is 4.69. The molecule has 0 radical (unpaired) electrons. The zero-order chi connectivity index (χ0) is 21.8. The largest absolute Gasteiger partial charge is 0.478 e. The van der Waals surface area contributed by atoms with Crippen molar-refractivity contribution < 1.29 is 14.7 Å². The highest BCUT2D eigenvalue weighted by atomic mass is 32.1. The molecule has 30 heavy (non-hydrogen) atoms. The lowest BCUT2D eigenvalue weighted by molar-refractivity contribution is -0.118. The van der Waals surface area contributed by atoms with Gasteiger partial charge in [-0.05, 0) is 74.4 Å². The molecule has 1 heterocycles. The fourth-order valence-corrected chi connectivity index (χ4v) is 3.02. The van der Waals surface area contributed by atoms with Gasteiger partial charge >= 0.3 is 5.97 Å². The molecule has 3 N–H and O–H groups in total. The van der Waals surface area contributed by atoms with E-state index in [1.54, 1.807) is 19.1 Å². The van der Waals surface area contributed by atoms with Crippen molar-refractivity contribution in [1.29, 1.82) is 0 Å². The number of thiocarbonyl (C=S) groups is 1. The van der Waals surface area contributed by atoms with E-state index in [0.717, 1.165) is 11.1 Å². The summed E-state index contributed by atoms with van der Waals surface area (Å²) >= 11 is 5.16. The van der Waals surface area contributed by atoms with Gasteiger partial charge < -0.3 is 10.4 Å². The summed E-state index contributed by atoms with van der Waals surface area (Å²) in [7, 11) is 0. The molecule has 1 amide bonds. The smallest absolute Gasteiger partial charge is 0.335 e. The Morgan fingerprint density at radius 1 is 1.20 bits per heavy atom. The van der Waals surface area contributed by atoms with Crippen molar-refractivity contribution in [2.24, 2.45) is 16.1 Å². The lowest BCUT2D eigenvalue weighted by atomic mass is 10.1. The van der Waals surface area contributed by atoms with Crippen molar-refractivity contribution in [3.05, 3.63) is 59.2 Å². The van der Waals surface area contributed by atoms with Crippen LogP contribution in [0.1, 0.15) is 28.4 Å². The number of benzene rings is 2. The third-order valence-electron chi connectivity index (χ3n) is 4.67. The van der Waals surface area contributed by atoms with Crippen LogP contribution in [-0.4, -0.2) is 34.0 Å². The molecule has 1 unspecified atom stereocenters. The maximum absolute atomic E-state index is 12.8. The average Bonchev–Trinajstić information content (AvgIpc) is 2.98. The lowest BCUT2D eigenvalue weighted by Crippen LogP contribution is -2.30. The molecule has 2 aromatic carbocycles. The van der Waals surface area contributed by atoms with E-state index in [9.17, 15) is 9.59 Å². The number of carboxylic acids is 1. The molecular weight excluding hydrogens is 402 g/mol. The van der Waals surface area contributed by atoms with Crippen molar-refractivity contribution in [1.82, 2.24) is 5.43 Å². The van der Waals surface area contributed by atoms with Crippen LogP contribution in [0.3, 0.4) is 0 Å². The van der Waals surface area contributed by atoms with E-state index in [1.807, 2.05) is 32.0 Å². The summed E-state index contributed by atoms with van der Waals surface area (Å²) in [6.07, 6.45) is 1.45. The van der Waals surface area contributed by atoms with Crippen molar-refractivity contribution in [3.8, 4) is 0 Å².